The van der Waals surface area contributed by atoms with Crippen molar-refractivity contribution in [2.45, 2.75) is 38.0 Å². The van der Waals surface area contributed by atoms with Gasteiger partial charge in [0.05, 0.1) is 37.4 Å². The molecule has 2 fully saturated rings. The molecule has 172 valence electrons. The summed E-state index contributed by atoms with van der Waals surface area (Å²) in [6.45, 7) is 7.93. The van der Waals surface area contributed by atoms with E-state index in [1.807, 2.05) is 60.4 Å². The Hall–Kier alpha value is -2.13. The van der Waals surface area contributed by atoms with Gasteiger partial charge >= 0.3 is 0 Å². The second kappa shape index (κ2) is 11.1. The predicted molar refractivity (Wildman–Crippen MR) is 124 cm³/mol. The number of carbonyl (C=O) groups is 1. The molecule has 0 bridgehead atoms. The molecule has 0 saturated carbocycles. The summed E-state index contributed by atoms with van der Waals surface area (Å²) in [7, 11) is 0. The lowest BCUT2D eigenvalue weighted by Crippen LogP contribution is -2.64. The van der Waals surface area contributed by atoms with Crippen molar-refractivity contribution in [2.24, 2.45) is 0 Å². The standard InChI is InChI=1S/C25H34N4O3/c1-3-31-28-17-15-26-21(23(28)19-11-7-5-8-12-19)25(30)22-24(20-13-9-6-10-14-20)29(32-4-2)18-16-27-22/h5-14,21-24,26-27H,3-4,15-18H2,1-2H3. The SMILES string of the molecule is CCON1CCNC(C(=O)C2NCCN(OCC)C2c2ccccc2)C1c1ccccc1. The Labute approximate surface area is 190 Å². The summed E-state index contributed by atoms with van der Waals surface area (Å²) in [6, 6.07) is 19.1. The van der Waals surface area contributed by atoms with Gasteiger partial charge in [0.2, 0.25) is 0 Å². The van der Waals surface area contributed by atoms with Crippen molar-refractivity contribution >= 4 is 5.78 Å². The number of benzene rings is 2. The predicted octanol–water partition coefficient (Wildman–Crippen LogP) is 2.49. The first kappa shape index (κ1) is 23.0. The second-order valence-electron chi connectivity index (χ2n) is 8.09. The second-order valence-corrected chi connectivity index (χ2v) is 8.09. The Balaban J connectivity index is 1.67. The van der Waals surface area contributed by atoms with Crippen molar-refractivity contribution in [3.8, 4) is 0 Å². The summed E-state index contributed by atoms with van der Waals surface area (Å²) in [4.78, 5) is 26.1. The molecule has 2 aromatic rings. The molecule has 4 rings (SSSR count). The van der Waals surface area contributed by atoms with Crippen LogP contribution in [-0.2, 0) is 14.5 Å². The normalized spacial score (nSPS) is 27.3. The van der Waals surface area contributed by atoms with E-state index in [-0.39, 0.29) is 17.9 Å². The number of hydrogen-bond acceptors (Lipinski definition) is 7. The van der Waals surface area contributed by atoms with Gasteiger partial charge in [-0.25, -0.2) is 0 Å². The van der Waals surface area contributed by atoms with Crippen LogP contribution < -0.4 is 10.6 Å². The van der Waals surface area contributed by atoms with Crippen LogP contribution in [0.1, 0.15) is 37.1 Å². The molecule has 4 atom stereocenters. The average Bonchev–Trinajstić information content (AvgIpc) is 2.85. The number of ketones is 1. The molecule has 7 heteroatoms. The number of hydroxylamine groups is 4. The fourth-order valence-corrected chi connectivity index (χ4v) is 4.84. The fourth-order valence-electron chi connectivity index (χ4n) is 4.84. The van der Waals surface area contributed by atoms with Gasteiger partial charge in [0, 0.05) is 26.2 Å². The summed E-state index contributed by atoms with van der Waals surface area (Å²) in [5, 5.41) is 10.9. The molecule has 2 aliphatic heterocycles. The molecule has 0 spiro atoms. The van der Waals surface area contributed by atoms with Crippen LogP contribution in [0.3, 0.4) is 0 Å². The van der Waals surface area contributed by atoms with E-state index in [2.05, 4.69) is 34.9 Å². The third kappa shape index (κ3) is 4.93. The smallest absolute Gasteiger partial charge is 0.170 e. The topological polar surface area (TPSA) is 66.1 Å². The Morgan fingerprint density at radius 2 is 1.19 bits per heavy atom. The highest BCUT2D eigenvalue weighted by Crippen LogP contribution is 2.33. The summed E-state index contributed by atoms with van der Waals surface area (Å²) < 4.78 is 0. The van der Waals surface area contributed by atoms with Crippen molar-refractivity contribution in [3.63, 3.8) is 0 Å². The maximum Gasteiger partial charge on any atom is 0.170 e. The van der Waals surface area contributed by atoms with Gasteiger partial charge in [-0.2, -0.15) is 10.1 Å². The van der Waals surface area contributed by atoms with Gasteiger partial charge < -0.3 is 10.6 Å². The zero-order chi connectivity index (χ0) is 22.3. The molecular weight excluding hydrogens is 404 g/mol. The molecule has 2 aromatic carbocycles. The summed E-state index contributed by atoms with van der Waals surface area (Å²) in [6.07, 6.45) is 0. The lowest BCUT2D eigenvalue weighted by atomic mass is 9.85. The van der Waals surface area contributed by atoms with Crippen molar-refractivity contribution in [2.75, 3.05) is 39.4 Å². The number of piperazine rings is 2. The number of Topliss-reactive ketones (excluding diaryl/α,β-unsaturated/α-hetero) is 1. The number of carbonyl (C=O) groups excluding carboxylic acids is 1. The van der Waals surface area contributed by atoms with Gasteiger partial charge in [-0.15, -0.1) is 0 Å². The third-order valence-electron chi connectivity index (χ3n) is 6.13. The summed E-state index contributed by atoms with van der Waals surface area (Å²) in [5.74, 6) is 0.126. The largest absolute Gasteiger partial charge is 0.304 e. The highest BCUT2D eigenvalue weighted by atomic mass is 16.7. The van der Waals surface area contributed by atoms with Crippen LogP contribution in [0.2, 0.25) is 0 Å². The van der Waals surface area contributed by atoms with E-state index in [4.69, 9.17) is 9.68 Å². The van der Waals surface area contributed by atoms with Gasteiger partial charge in [0.15, 0.2) is 5.78 Å². The lowest BCUT2D eigenvalue weighted by molar-refractivity contribution is -0.210. The van der Waals surface area contributed by atoms with E-state index >= 15 is 0 Å². The van der Waals surface area contributed by atoms with E-state index in [0.29, 0.717) is 26.3 Å². The van der Waals surface area contributed by atoms with E-state index in [1.165, 1.54) is 0 Å². The van der Waals surface area contributed by atoms with E-state index in [0.717, 1.165) is 24.2 Å². The van der Waals surface area contributed by atoms with E-state index in [1.54, 1.807) is 0 Å². The zero-order valence-corrected chi connectivity index (χ0v) is 18.9. The van der Waals surface area contributed by atoms with Crippen molar-refractivity contribution < 1.29 is 14.5 Å². The number of nitrogens with one attached hydrogen (secondary N) is 2. The van der Waals surface area contributed by atoms with Crippen molar-refractivity contribution in [1.29, 1.82) is 0 Å². The minimum Gasteiger partial charge on any atom is -0.304 e. The van der Waals surface area contributed by atoms with Crippen LogP contribution in [0, 0.1) is 0 Å². The Bertz CT molecular complexity index is 777. The minimum atomic E-state index is -0.400. The van der Waals surface area contributed by atoms with Gasteiger partial charge in [0.25, 0.3) is 0 Å². The zero-order valence-electron chi connectivity index (χ0n) is 18.9. The van der Waals surface area contributed by atoms with Crippen molar-refractivity contribution in [3.05, 3.63) is 71.8 Å². The molecule has 0 aliphatic carbocycles. The van der Waals surface area contributed by atoms with Gasteiger partial charge in [-0.3, -0.25) is 14.5 Å². The van der Waals surface area contributed by atoms with Crippen LogP contribution in [0.15, 0.2) is 60.7 Å². The van der Waals surface area contributed by atoms with Crippen molar-refractivity contribution in [1.82, 2.24) is 20.8 Å². The van der Waals surface area contributed by atoms with Gasteiger partial charge in [-0.1, -0.05) is 60.7 Å². The summed E-state index contributed by atoms with van der Waals surface area (Å²) >= 11 is 0. The maximum atomic E-state index is 14.1. The highest BCUT2D eigenvalue weighted by molar-refractivity contribution is 5.91. The first-order valence-electron chi connectivity index (χ1n) is 11.6. The molecule has 2 N–H and O–H groups in total. The van der Waals surface area contributed by atoms with Gasteiger partial charge in [-0.05, 0) is 25.0 Å². The maximum absolute atomic E-state index is 14.1. The first-order chi connectivity index (χ1) is 15.7. The van der Waals surface area contributed by atoms with Crippen LogP contribution in [0.4, 0.5) is 0 Å². The summed E-state index contributed by atoms with van der Waals surface area (Å²) in [5.41, 5.74) is 2.14. The fraction of sp³-hybridized carbons (Fsp3) is 0.480. The Morgan fingerprint density at radius 3 is 1.56 bits per heavy atom. The molecule has 7 nitrogen and oxygen atoms in total. The molecule has 2 heterocycles. The minimum absolute atomic E-state index is 0.126. The lowest BCUT2D eigenvalue weighted by Gasteiger charge is -2.45. The number of nitrogens with zero attached hydrogens (tertiary/aromatic N) is 2. The number of hydrogen-bond donors (Lipinski definition) is 2. The first-order valence-corrected chi connectivity index (χ1v) is 11.6. The molecule has 0 radical (unpaired) electrons. The Morgan fingerprint density at radius 1 is 0.781 bits per heavy atom. The third-order valence-corrected chi connectivity index (χ3v) is 6.13. The molecule has 0 amide bonds. The quantitative estimate of drug-likeness (QED) is 0.656. The molecule has 2 aliphatic rings. The van der Waals surface area contributed by atoms with E-state index in [9.17, 15) is 4.79 Å². The molecule has 0 aromatic heterocycles. The van der Waals surface area contributed by atoms with E-state index < -0.39 is 12.1 Å². The molecule has 2 saturated heterocycles. The monoisotopic (exact) mass is 438 g/mol. The molecular formula is C25H34N4O3. The highest BCUT2D eigenvalue weighted by Gasteiger charge is 2.45. The van der Waals surface area contributed by atoms with Crippen LogP contribution >= 0.6 is 0 Å². The van der Waals surface area contributed by atoms with Crippen LogP contribution in [0.25, 0.3) is 0 Å². The molecule has 32 heavy (non-hydrogen) atoms. The van der Waals surface area contributed by atoms with Crippen LogP contribution in [-0.4, -0.2) is 67.4 Å². The average molecular weight is 439 g/mol. The number of rotatable bonds is 8. The van der Waals surface area contributed by atoms with Gasteiger partial charge in [0.1, 0.15) is 0 Å². The molecule has 4 unspecified atom stereocenters. The van der Waals surface area contributed by atoms with Crippen LogP contribution in [0.5, 0.6) is 0 Å². The Kier molecular flexibility index (Phi) is 8.02.